The summed E-state index contributed by atoms with van der Waals surface area (Å²) in [7, 11) is 0. The zero-order chi connectivity index (χ0) is 16.9. The van der Waals surface area contributed by atoms with Gasteiger partial charge in [0.25, 0.3) is 0 Å². The van der Waals surface area contributed by atoms with Gasteiger partial charge in [0.05, 0.1) is 0 Å². The van der Waals surface area contributed by atoms with E-state index < -0.39 is 5.60 Å². The SMILES string of the molecule is CC(C)(C)OC(=O)N1CCC(CCSc2ccc(F)cc2)CC1. The number of carbonyl (C=O) groups excluding carboxylic acids is 1. The fourth-order valence-corrected chi connectivity index (χ4v) is 3.62. The van der Waals surface area contributed by atoms with E-state index in [1.807, 2.05) is 37.8 Å². The topological polar surface area (TPSA) is 29.5 Å². The molecular weight excluding hydrogens is 313 g/mol. The van der Waals surface area contributed by atoms with Gasteiger partial charge in [-0.1, -0.05) is 0 Å². The highest BCUT2D eigenvalue weighted by atomic mass is 32.2. The molecule has 0 N–H and O–H groups in total. The summed E-state index contributed by atoms with van der Waals surface area (Å²) in [6.45, 7) is 7.24. The van der Waals surface area contributed by atoms with Crippen molar-refractivity contribution in [1.82, 2.24) is 4.90 Å². The van der Waals surface area contributed by atoms with Crippen LogP contribution in [0.2, 0.25) is 0 Å². The van der Waals surface area contributed by atoms with Crippen LogP contribution >= 0.6 is 11.8 Å². The number of nitrogens with zero attached hydrogens (tertiary/aromatic N) is 1. The normalized spacial score (nSPS) is 16.4. The number of hydrogen-bond donors (Lipinski definition) is 0. The lowest BCUT2D eigenvalue weighted by Crippen LogP contribution is -2.41. The van der Waals surface area contributed by atoms with Crippen LogP contribution in [0, 0.1) is 11.7 Å². The average molecular weight is 339 g/mol. The Kier molecular flexibility index (Phi) is 6.33. The molecule has 0 bridgehead atoms. The van der Waals surface area contributed by atoms with Gasteiger partial charge in [-0.3, -0.25) is 0 Å². The maximum Gasteiger partial charge on any atom is 0.410 e. The lowest BCUT2D eigenvalue weighted by Gasteiger charge is -2.33. The number of ether oxygens (including phenoxy) is 1. The van der Waals surface area contributed by atoms with Gasteiger partial charge in [0.1, 0.15) is 11.4 Å². The lowest BCUT2D eigenvalue weighted by atomic mass is 9.95. The van der Waals surface area contributed by atoms with Crippen molar-refractivity contribution in [3.63, 3.8) is 0 Å². The first-order valence-electron chi connectivity index (χ1n) is 8.20. The molecule has 0 saturated carbocycles. The molecule has 5 heteroatoms. The number of likely N-dealkylation sites (tertiary alicyclic amines) is 1. The van der Waals surface area contributed by atoms with Gasteiger partial charge in [-0.25, -0.2) is 9.18 Å². The Labute approximate surface area is 142 Å². The number of rotatable bonds is 4. The van der Waals surface area contributed by atoms with Gasteiger partial charge in [-0.05, 0) is 76.0 Å². The fraction of sp³-hybridized carbons (Fsp3) is 0.611. The molecule has 3 nitrogen and oxygen atoms in total. The lowest BCUT2D eigenvalue weighted by molar-refractivity contribution is 0.0183. The van der Waals surface area contributed by atoms with E-state index in [0.29, 0.717) is 5.92 Å². The first-order valence-corrected chi connectivity index (χ1v) is 9.18. The Bertz CT molecular complexity index is 505. The Morgan fingerprint density at radius 2 is 1.87 bits per heavy atom. The first kappa shape index (κ1) is 18.1. The molecule has 1 saturated heterocycles. The van der Waals surface area contributed by atoms with Crippen LogP contribution in [0.5, 0.6) is 0 Å². The second kappa shape index (κ2) is 8.04. The summed E-state index contributed by atoms with van der Waals surface area (Å²) >= 11 is 1.77. The molecule has 1 aromatic carbocycles. The minimum atomic E-state index is -0.431. The van der Waals surface area contributed by atoms with Gasteiger partial charge in [-0.15, -0.1) is 11.8 Å². The van der Waals surface area contributed by atoms with E-state index in [9.17, 15) is 9.18 Å². The van der Waals surface area contributed by atoms with E-state index in [-0.39, 0.29) is 11.9 Å². The van der Waals surface area contributed by atoms with Crippen molar-refractivity contribution in [3.8, 4) is 0 Å². The van der Waals surface area contributed by atoms with E-state index in [1.165, 1.54) is 12.1 Å². The minimum absolute atomic E-state index is 0.191. The molecule has 0 spiro atoms. The van der Waals surface area contributed by atoms with Crippen molar-refractivity contribution < 1.29 is 13.9 Å². The maximum atomic E-state index is 12.9. The summed E-state index contributed by atoms with van der Waals surface area (Å²) in [6, 6.07) is 6.65. The minimum Gasteiger partial charge on any atom is -0.444 e. The fourth-order valence-electron chi connectivity index (χ4n) is 2.60. The van der Waals surface area contributed by atoms with Crippen molar-refractivity contribution in [1.29, 1.82) is 0 Å². The Morgan fingerprint density at radius 1 is 1.26 bits per heavy atom. The zero-order valence-electron chi connectivity index (χ0n) is 14.2. The number of thioether (sulfide) groups is 1. The van der Waals surface area contributed by atoms with Crippen LogP contribution in [0.4, 0.5) is 9.18 Å². The van der Waals surface area contributed by atoms with Crippen LogP contribution in [0.15, 0.2) is 29.2 Å². The molecule has 128 valence electrons. The third-order valence-corrected chi connectivity index (χ3v) is 4.92. The average Bonchev–Trinajstić information content (AvgIpc) is 2.48. The van der Waals surface area contributed by atoms with Crippen molar-refractivity contribution in [3.05, 3.63) is 30.1 Å². The van der Waals surface area contributed by atoms with E-state index in [2.05, 4.69) is 0 Å². The monoisotopic (exact) mass is 339 g/mol. The van der Waals surface area contributed by atoms with E-state index in [4.69, 9.17) is 4.74 Å². The number of carbonyl (C=O) groups is 1. The Hall–Kier alpha value is -1.23. The van der Waals surface area contributed by atoms with Crippen LogP contribution in [0.1, 0.15) is 40.0 Å². The number of hydrogen-bond acceptors (Lipinski definition) is 3. The predicted octanol–water partition coefficient (Wildman–Crippen LogP) is 4.96. The molecule has 1 amide bonds. The smallest absolute Gasteiger partial charge is 0.410 e. The zero-order valence-corrected chi connectivity index (χ0v) is 15.0. The van der Waals surface area contributed by atoms with Gasteiger partial charge in [0, 0.05) is 18.0 Å². The standard InChI is InChI=1S/C18H26FNO2S/c1-18(2,3)22-17(21)20-11-8-14(9-12-20)10-13-23-16-6-4-15(19)5-7-16/h4-7,14H,8-13H2,1-3H3. The van der Waals surface area contributed by atoms with Crippen LogP contribution in [-0.2, 0) is 4.74 Å². The number of amides is 1. The molecule has 0 atom stereocenters. The second-order valence-electron chi connectivity index (χ2n) is 7.00. The van der Waals surface area contributed by atoms with E-state index in [0.717, 1.165) is 43.0 Å². The van der Waals surface area contributed by atoms with Crippen molar-refractivity contribution in [2.24, 2.45) is 5.92 Å². The maximum absolute atomic E-state index is 12.9. The molecule has 0 radical (unpaired) electrons. The molecular formula is C18H26FNO2S. The third-order valence-electron chi connectivity index (χ3n) is 3.87. The van der Waals surface area contributed by atoms with Crippen molar-refractivity contribution in [2.45, 2.75) is 50.5 Å². The molecule has 1 heterocycles. The summed E-state index contributed by atoms with van der Waals surface area (Å²) < 4.78 is 18.3. The van der Waals surface area contributed by atoms with Crippen LogP contribution < -0.4 is 0 Å². The molecule has 1 aromatic rings. The Balaban J connectivity index is 1.66. The number of piperidine rings is 1. The number of halogens is 1. The van der Waals surface area contributed by atoms with Gasteiger partial charge in [0.15, 0.2) is 0 Å². The molecule has 1 fully saturated rings. The second-order valence-corrected chi connectivity index (χ2v) is 8.17. The van der Waals surface area contributed by atoms with Gasteiger partial charge < -0.3 is 9.64 Å². The molecule has 1 aliphatic heterocycles. The highest BCUT2D eigenvalue weighted by Gasteiger charge is 2.26. The molecule has 2 rings (SSSR count). The van der Waals surface area contributed by atoms with E-state index in [1.54, 1.807) is 11.8 Å². The number of benzene rings is 1. The largest absolute Gasteiger partial charge is 0.444 e. The van der Waals surface area contributed by atoms with E-state index >= 15 is 0 Å². The van der Waals surface area contributed by atoms with Crippen molar-refractivity contribution in [2.75, 3.05) is 18.8 Å². The van der Waals surface area contributed by atoms with Crippen LogP contribution in [0.3, 0.4) is 0 Å². The molecule has 0 unspecified atom stereocenters. The van der Waals surface area contributed by atoms with Crippen molar-refractivity contribution >= 4 is 17.9 Å². The summed E-state index contributed by atoms with van der Waals surface area (Å²) in [6.07, 6.45) is 2.99. The van der Waals surface area contributed by atoms with Crippen LogP contribution in [0.25, 0.3) is 0 Å². The Morgan fingerprint density at radius 3 is 2.43 bits per heavy atom. The van der Waals surface area contributed by atoms with Crippen LogP contribution in [-0.4, -0.2) is 35.4 Å². The van der Waals surface area contributed by atoms with Gasteiger partial charge >= 0.3 is 6.09 Å². The molecule has 1 aliphatic rings. The van der Waals surface area contributed by atoms with Gasteiger partial charge in [0.2, 0.25) is 0 Å². The highest BCUT2D eigenvalue weighted by Crippen LogP contribution is 2.26. The third kappa shape index (κ3) is 6.42. The molecule has 23 heavy (non-hydrogen) atoms. The molecule has 0 aliphatic carbocycles. The predicted molar refractivity (Wildman–Crippen MR) is 92.3 cm³/mol. The first-order chi connectivity index (χ1) is 10.8. The highest BCUT2D eigenvalue weighted by molar-refractivity contribution is 7.99. The molecule has 0 aromatic heterocycles. The summed E-state index contributed by atoms with van der Waals surface area (Å²) in [5.74, 6) is 1.49. The quantitative estimate of drug-likeness (QED) is 0.727. The summed E-state index contributed by atoms with van der Waals surface area (Å²) in [5.41, 5.74) is -0.431. The summed E-state index contributed by atoms with van der Waals surface area (Å²) in [5, 5.41) is 0. The van der Waals surface area contributed by atoms with Gasteiger partial charge in [-0.2, -0.15) is 0 Å². The summed E-state index contributed by atoms with van der Waals surface area (Å²) in [4.78, 5) is 14.9.